The zero-order chi connectivity index (χ0) is 19.0. The number of carbonyl (C=O) groups excluding carboxylic acids is 2. The minimum Gasteiger partial charge on any atom is -0.442 e. The van der Waals surface area contributed by atoms with Gasteiger partial charge in [-0.15, -0.1) is 5.10 Å². The maximum Gasteiger partial charge on any atom is 0.414 e. The number of pyridine rings is 1. The van der Waals surface area contributed by atoms with Gasteiger partial charge in [0.05, 0.1) is 18.8 Å². The minimum absolute atomic E-state index is 0.210. The van der Waals surface area contributed by atoms with Gasteiger partial charge in [0.15, 0.2) is 0 Å². The van der Waals surface area contributed by atoms with E-state index in [0.29, 0.717) is 28.0 Å². The summed E-state index contributed by atoms with van der Waals surface area (Å²) in [6.45, 7) is 1.82. The Morgan fingerprint density at radius 3 is 3.04 bits per heavy atom. The van der Waals surface area contributed by atoms with Crippen molar-refractivity contribution in [1.29, 1.82) is 0 Å². The van der Waals surface area contributed by atoms with E-state index < -0.39 is 18.0 Å². The van der Waals surface area contributed by atoms with Gasteiger partial charge in [0.2, 0.25) is 11.6 Å². The lowest BCUT2D eigenvalue weighted by Crippen LogP contribution is -2.33. The van der Waals surface area contributed by atoms with Crippen LogP contribution < -0.4 is 10.2 Å². The van der Waals surface area contributed by atoms with Crippen molar-refractivity contribution in [2.24, 2.45) is 0 Å². The van der Waals surface area contributed by atoms with E-state index in [1.54, 1.807) is 18.2 Å². The predicted molar refractivity (Wildman–Crippen MR) is 93.4 cm³/mol. The van der Waals surface area contributed by atoms with E-state index in [9.17, 15) is 14.0 Å². The number of amides is 2. The highest BCUT2D eigenvalue weighted by Crippen LogP contribution is 2.29. The first kappa shape index (κ1) is 16.9. The van der Waals surface area contributed by atoms with Gasteiger partial charge in [-0.2, -0.15) is 10.3 Å². The van der Waals surface area contributed by atoms with Crippen LogP contribution >= 0.6 is 0 Å². The number of aromatic nitrogens is 4. The molecule has 0 spiro atoms. The predicted octanol–water partition coefficient (Wildman–Crippen LogP) is 1.62. The topological polar surface area (TPSA) is 113 Å². The lowest BCUT2D eigenvalue weighted by molar-refractivity contribution is -0.119. The Balaban J connectivity index is 1.56. The minimum atomic E-state index is -0.580. The number of ether oxygens (including phenoxy) is 1. The van der Waals surface area contributed by atoms with E-state index in [1.807, 2.05) is 0 Å². The molecule has 9 nitrogen and oxygen atoms in total. The van der Waals surface area contributed by atoms with Gasteiger partial charge in [-0.05, 0) is 24.3 Å². The number of cyclic esters (lactones) is 1. The highest BCUT2D eigenvalue weighted by molar-refractivity contribution is 5.90. The second-order valence-corrected chi connectivity index (χ2v) is 6.11. The largest absolute Gasteiger partial charge is 0.442 e. The quantitative estimate of drug-likeness (QED) is 0.722. The molecule has 27 heavy (non-hydrogen) atoms. The number of benzene rings is 1. The maximum atomic E-state index is 14.7. The van der Waals surface area contributed by atoms with Gasteiger partial charge in [-0.3, -0.25) is 9.69 Å². The first-order valence-corrected chi connectivity index (χ1v) is 8.20. The Hall–Kier alpha value is -3.56. The van der Waals surface area contributed by atoms with Gasteiger partial charge in [0, 0.05) is 24.2 Å². The van der Waals surface area contributed by atoms with E-state index in [-0.39, 0.29) is 19.0 Å². The van der Waals surface area contributed by atoms with Crippen molar-refractivity contribution in [2.45, 2.75) is 13.0 Å². The Morgan fingerprint density at radius 2 is 2.26 bits per heavy atom. The third-order valence-corrected chi connectivity index (χ3v) is 4.20. The third-order valence-electron chi connectivity index (χ3n) is 4.20. The fourth-order valence-corrected chi connectivity index (χ4v) is 2.89. The molecule has 10 heteroatoms. The molecule has 2 aromatic heterocycles. The maximum absolute atomic E-state index is 14.7. The fourth-order valence-electron chi connectivity index (χ4n) is 2.89. The van der Waals surface area contributed by atoms with Crippen LogP contribution in [0, 0.1) is 5.82 Å². The molecule has 0 unspecified atom stereocenters. The molecular weight excluding hydrogens is 355 g/mol. The van der Waals surface area contributed by atoms with Gasteiger partial charge in [-0.1, -0.05) is 0 Å². The SMILES string of the molecule is CC(=O)NC[C@H]1CN(c2ccc(-c3cnc4n[nH]nc4c3)c(F)c2)C(=O)O1. The van der Waals surface area contributed by atoms with Gasteiger partial charge < -0.3 is 10.1 Å². The summed E-state index contributed by atoms with van der Waals surface area (Å²) in [5, 5.41) is 12.9. The number of hydrogen-bond donors (Lipinski definition) is 2. The van der Waals surface area contributed by atoms with Gasteiger partial charge in [0.1, 0.15) is 17.4 Å². The molecule has 1 fully saturated rings. The molecule has 2 amide bonds. The molecule has 3 aromatic rings. The second-order valence-electron chi connectivity index (χ2n) is 6.11. The molecular formula is C17H15FN6O3. The highest BCUT2D eigenvalue weighted by atomic mass is 19.1. The van der Waals surface area contributed by atoms with Gasteiger partial charge in [0.25, 0.3) is 0 Å². The van der Waals surface area contributed by atoms with Crippen molar-refractivity contribution >= 4 is 28.9 Å². The summed E-state index contributed by atoms with van der Waals surface area (Å²) < 4.78 is 19.9. The zero-order valence-electron chi connectivity index (χ0n) is 14.3. The summed E-state index contributed by atoms with van der Waals surface area (Å²) in [7, 11) is 0. The molecule has 1 aliphatic heterocycles. The number of anilines is 1. The number of fused-ring (bicyclic) bond motifs is 1. The zero-order valence-corrected chi connectivity index (χ0v) is 14.3. The van der Waals surface area contributed by atoms with Crippen molar-refractivity contribution in [3.05, 3.63) is 36.3 Å². The first-order valence-electron chi connectivity index (χ1n) is 8.20. The fraction of sp³-hybridized carbons (Fsp3) is 0.235. The normalized spacial score (nSPS) is 16.6. The second kappa shape index (κ2) is 6.63. The van der Waals surface area contributed by atoms with Crippen LogP contribution in [-0.4, -0.2) is 51.6 Å². The van der Waals surface area contributed by atoms with E-state index in [2.05, 4.69) is 25.7 Å². The number of halogens is 1. The average molecular weight is 370 g/mol. The Bertz CT molecular complexity index is 1040. The molecule has 0 aliphatic carbocycles. The van der Waals surface area contributed by atoms with Crippen molar-refractivity contribution in [1.82, 2.24) is 25.7 Å². The molecule has 0 bridgehead atoms. The number of nitrogens with one attached hydrogen (secondary N) is 2. The van der Waals surface area contributed by atoms with Crippen LogP contribution in [0.2, 0.25) is 0 Å². The molecule has 1 aromatic carbocycles. The Labute approximate surface area is 152 Å². The summed E-state index contributed by atoms with van der Waals surface area (Å²) in [5.74, 6) is -0.715. The van der Waals surface area contributed by atoms with Crippen LogP contribution in [0.15, 0.2) is 30.5 Å². The molecule has 1 atom stereocenters. The van der Waals surface area contributed by atoms with Crippen LogP contribution in [0.4, 0.5) is 14.9 Å². The monoisotopic (exact) mass is 370 g/mol. The molecule has 1 saturated heterocycles. The van der Waals surface area contributed by atoms with E-state index in [4.69, 9.17) is 4.74 Å². The van der Waals surface area contributed by atoms with Crippen molar-refractivity contribution in [2.75, 3.05) is 18.0 Å². The van der Waals surface area contributed by atoms with Crippen LogP contribution in [0.5, 0.6) is 0 Å². The average Bonchev–Trinajstić information content (AvgIpc) is 3.25. The van der Waals surface area contributed by atoms with E-state index in [1.165, 1.54) is 24.1 Å². The van der Waals surface area contributed by atoms with E-state index in [0.717, 1.165) is 0 Å². The number of rotatable bonds is 4. The van der Waals surface area contributed by atoms with Crippen molar-refractivity contribution < 1.29 is 18.7 Å². The summed E-state index contributed by atoms with van der Waals surface area (Å²) in [5.41, 5.74) is 2.23. The van der Waals surface area contributed by atoms with E-state index >= 15 is 0 Å². The summed E-state index contributed by atoms with van der Waals surface area (Å²) in [6, 6.07) is 6.15. The molecule has 0 saturated carbocycles. The summed E-state index contributed by atoms with van der Waals surface area (Å²) >= 11 is 0. The standard InChI is InChI=1S/C17H15FN6O3/c1-9(25)19-7-12-8-24(17(26)27-12)11-2-3-13(14(18)5-11)10-4-15-16(20-6-10)22-23-21-15/h2-6,12H,7-8H2,1H3,(H,19,25)(H,20,21,22,23)/t12-/m0/s1. The number of nitrogens with zero attached hydrogens (tertiary/aromatic N) is 4. The van der Waals surface area contributed by atoms with Gasteiger partial charge in [-0.25, -0.2) is 14.2 Å². The first-order chi connectivity index (χ1) is 13.0. The molecule has 1 aliphatic rings. The van der Waals surface area contributed by atoms with Crippen LogP contribution in [0.3, 0.4) is 0 Å². The molecule has 4 rings (SSSR count). The number of aromatic amines is 1. The van der Waals surface area contributed by atoms with Crippen molar-refractivity contribution in [3.8, 4) is 11.1 Å². The van der Waals surface area contributed by atoms with Crippen molar-refractivity contribution in [3.63, 3.8) is 0 Å². The summed E-state index contributed by atoms with van der Waals surface area (Å²) in [4.78, 5) is 28.5. The van der Waals surface area contributed by atoms with Crippen LogP contribution in [-0.2, 0) is 9.53 Å². The highest BCUT2D eigenvalue weighted by Gasteiger charge is 2.32. The number of H-pyrrole nitrogens is 1. The van der Waals surface area contributed by atoms with Gasteiger partial charge >= 0.3 is 6.09 Å². The molecule has 3 heterocycles. The lowest BCUT2D eigenvalue weighted by Gasteiger charge is -2.14. The number of hydrogen-bond acceptors (Lipinski definition) is 6. The number of carbonyl (C=O) groups is 2. The molecule has 0 radical (unpaired) electrons. The smallest absolute Gasteiger partial charge is 0.414 e. The summed E-state index contributed by atoms with van der Waals surface area (Å²) in [6.07, 6.45) is 0.447. The Kier molecular flexibility index (Phi) is 4.15. The van der Waals surface area contributed by atoms with Crippen LogP contribution in [0.25, 0.3) is 22.3 Å². The Morgan fingerprint density at radius 1 is 1.41 bits per heavy atom. The van der Waals surface area contributed by atoms with Crippen LogP contribution in [0.1, 0.15) is 6.92 Å². The molecule has 2 N–H and O–H groups in total. The molecule has 138 valence electrons. The lowest BCUT2D eigenvalue weighted by atomic mass is 10.1. The third kappa shape index (κ3) is 3.28.